The van der Waals surface area contributed by atoms with Crippen molar-refractivity contribution in [3.63, 3.8) is 0 Å². The van der Waals surface area contributed by atoms with Gasteiger partial charge >= 0.3 is 13.3 Å². The third-order valence-corrected chi connectivity index (χ3v) is 10.5. The summed E-state index contributed by atoms with van der Waals surface area (Å²) in [5.41, 5.74) is -5.25. The van der Waals surface area contributed by atoms with Crippen LogP contribution in [0.15, 0.2) is 24.3 Å². The van der Waals surface area contributed by atoms with E-state index in [1.54, 1.807) is 23.8 Å². The van der Waals surface area contributed by atoms with Crippen molar-refractivity contribution in [2.45, 2.75) is 75.8 Å². The van der Waals surface area contributed by atoms with Crippen LogP contribution in [0.1, 0.15) is 62.0 Å². The zero-order valence-corrected chi connectivity index (χ0v) is 27.2. The molecule has 1 aromatic carbocycles. The summed E-state index contributed by atoms with van der Waals surface area (Å²) in [7, 11) is -4.10. The molecule has 1 aromatic heterocycles. The standard InChI is InChI=1S/C30H39F2N6O8P/c1-4-26(40)35(3)21-10-12-37(15-21)29(43)25-8-6-20-9-11-36(17(2)39)16-24(28(42)38(20)25)34-27(41)23-14-18-13-19(5-7-22(18)33-23)30(31,32)47(44,45)46/h5,7,13-14,20-21,24-25,33H,4,6,8-12,15-16H2,1-3H3,(H,34,41)(H2,44,45,46)/t20-,21-,24+,25+/m1/s1. The van der Waals surface area contributed by atoms with E-state index in [-0.39, 0.29) is 52.9 Å². The van der Waals surface area contributed by atoms with E-state index in [1.165, 1.54) is 22.8 Å². The number of hydrogen-bond acceptors (Lipinski definition) is 6. The summed E-state index contributed by atoms with van der Waals surface area (Å²) in [4.78, 5) is 93.4. The van der Waals surface area contributed by atoms with Crippen LogP contribution in [-0.2, 0) is 29.4 Å². The summed E-state index contributed by atoms with van der Waals surface area (Å²) in [6.45, 7) is 4.07. The predicted octanol–water partition coefficient (Wildman–Crippen LogP) is 1.57. The van der Waals surface area contributed by atoms with Crippen LogP contribution in [0.3, 0.4) is 0 Å². The lowest BCUT2D eigenvalue weighted by Crippen LogP contribution is -2.61. The van der Waals surface area contributed by atoms with E-state index >= 15 is 0 Å². The lowest BCUT2D eigenvalue weighted by atomic mass is 10.1. The van der Waals surface area contributed by atoms with Gasteiger partial charge in [0, 0.05) is 69.1 Å². The van der Waals surface area contributed by atoms with E-state index in [1.807, 2.05) is 0 Å². The average Bonchev–Trinajstić information content (AvgIpc) is 3.77. The second kappa shape index (κ2) is 13.0. The van der Waals surface area contributed by atoms with Crippen molar-refractivity contribution in [1.29, 1.82) is 0 Å². The summed E-state index contributed by atoms with van der Waals surface area (Å²) >= 11 is 0. The number of aromatic amines is 1. The van der Waals surface area contributed by atoms with Crippen molar-refractivity contribution < 1.29 is 47.1 Å². The molecule has 0 aliphatic carbocycles. The first-order valence-corrected chi connectivity index (χ1v) is 17.1. The van der Waals surface area contributed by atoms with Gasteiger partial charge in [-0.15, -0.1) is 0 Å². The van der Waals surface area contributed by atoms with Crippen LogP contribution in [0.5, 0.6) is 0 Å². The molecule has 5 amide bonds. The molecule has 4 N–H and O–H groups in total. The molecule has 3 aliphatic rings. The normalized spacial score (nSPS) is 23.8. The maximum atomic E-state index is 14.3. The smallest absolute Gasteiger partial charge is 0.351 e. The number of carbonyl (C=O) groups excluding carboxylic acids is 5. The lowest BCUT2D eigenvalue weighted by molar-refractivity contribution is -0.148. The molecule has 256 valence electrons. The van der Waals surface area contributed by atoms with Gasteiger partial charge in [0.1, 0.15) is 17.8 Å². The molecule has 0 bridgehead atoms. The third-order valence-electron chi connectivity index (χ3n) is 9.52. The van der Waals surface area contributed by atoms with E-state index < -0.39 is 42.7 Å². The number of carbonyl (C=O) groups is 5. The first-order chi connectivity index (χ1) is 22.0. The number of halogens is 2. The van der Waals surface area contributed by atoms with Gasteiger partial charge in [-0.05, 0) is 43.9 Å². The Morgan fingerprint density at radius 1 is 1.06 bits per heavy atom. The number of aromatic nitrogens is 1. The summed E-state index contributed by atoms with van der Waals surface area (Å²) in [5, 5.41) is 2.73. The Morgan fingerprint density at radius 3 is 2.43 bits per heavy atom. The lowest BCUT2D eigenvalue weighted by Gasteiger charge is -2.39. The van der Waals surface area contributed by atoms with Crippen LogP contribution in [0.25, 0.3) is 10.9 Å². The van der Waals surface area contributed by atoms with Crippen LogP contribution >= 0.6 is 7.60 Å². The number of benzene rings is 1. The predicted molar refractivity (Wildman–Crippen MR) is 164 cm³/mol. The SMILES string of the molecule is CCC(=O)N(C)[C@@H]1CCN(C(=O)[C@@H]2CC[C@@H]3CCN(C(C)=O)C[C@H](NC(=O)c4cc5cc(C(F)(F)P(=O)(O)O)ccc5[nH]4)C(=O)N32)C1. The third kappa shape index (κ3) is 6.63. The molecule has 0 spiro atoms. The number of likely N-dealkylation sites (tertiary alicyclic amines) is 1. The topological polar surface area (TPSA) is 184 Å². The van der Waals surface area contributed by atoms with Gasteiger partial charge in [-0.1, -0.05) is 13.0 Å². The highest BCUT2D eigenvalue weighted by Crippen LogP contribution is 2.59. The summed E-state index contributed by atoms with van der Waals surface area (Å²) in [6.07, 6.45) is 2.36. The number of rotatable bonds is 7. The second-order valence-corrected chi connectivity index (χ2v) is 14.1. The van der Waals surface area contributed by atoms with Gasteiger partial charge in [-0.25, -0.2) is 0 Å². The Bertz CT molecular complexity index is 1640. The highest BCUT2D eigenvalue weighted by Gasteiger charge is 2.51. The van der Waals surface area contributed by atoms with Crippen molar-refractivity contribution in [2.75, 3.05) is 33.2 Å². The molecular formula is C30H39F2N6O8P. The number of H-pyrrole nitrogens is 1. The average molecular weight is 681 g/mol. The van der Waals surface area contributed by atoms with Crippen LogP contribution < -0.4 is 5.32 Å². The number of nitrogens with zero attached hydrogens (tertiary/aromatic N) is 4. The molecule has 5 rings (SSSR count). The number of amides is 5. The Balaban J connectivity index is 1.37. The highest BCUT2D eigenvalue weighted by atomic mass is 31.2. The van der Waals surface area contributed by atoms with Gasteiger partial charge in [-0.2, -0.15) is 8.78 Å². The van der Waals surface area contributed by atoms with E-state index in [9.17, 15) is 37.3 Å². The molecule has 3 saturated heterocycles. The second-order valence-electron chi connectivity index (χ2n) is 12.4. The summed E-state index contributed by atoms with van der Waals surface area (Å²) in [5.74, 6) is -1.86. The van der Waals surface area contributed by atoms with Crippen molar-refractivity contribution in [3.8, 4) is 0 Å². The highest BCUT2D eigenvalue weighted by molar-refractivity contribution is 7.52. The number of hydrogen-bond donors (Lipinski definition) is 4. The zero-order valence-electron chi connectivity index (χ0n) is 26.3. The van der Waals surface area contributed by atoms with E-state index in [2.05, 4.69) is 10.3 Å². The van der Waals surface area contributed by atoms with E-state index in [0.717, 1.165) is 18.2 Å². The van der Waals surface area contributed by atoms with Crippen molar-refractivity contribution in [3.05, 3.63) is 35.5 Å². The molecule has 0 radical (unpaired) electrons. The molecule has 14 nitrogen and oxygen atoms in total. The van der Waals surface area contributed by atoms with Gasteiger partial charge in [0.25, 0.3) is 5.91 Å². The minimum atomic E-state index is -5.82. The minimum Gasteiger partial charge on any atom is -0.351 e. The van der Waals surface area contributed by atoms with Crippen LogP contribution in [0.2, 0.25) is 0 Å². The summed E-state index contributed by atoms with van der Waals surface area (Å²) in [6, 6.07) is 1.61. The van der Waals surface area contributed by atoms with Crippen LogP contribution in [-0.4, -0.2) is 121 Å². The quantitative estimate of drug-likeness (QED) is 0.318. The Kier molecular flexibility index (Phi) is 9.50. The zero-order chi connectivity index (χ0) is 34.4. The van der Waals surface area contributed by atoms with E-state index in [0.29, 0.717) is 51.7 Å². The van der Waals surface area contributed by atoms with Gasteiger partial charge in [0.2, 0.25) is 23.6 Å². The van der Waals surface area contributed by atoms with Gasteiger partial charge < -0.3 is 39.7 Å². The monoisotopic (exact) mass is 680 g/mol. The molecular weight excluding hydrogens is 641 g/mol. The Morgan fingerprint density at radius 2 is 1.77 bits per heavy atom. The molecule has 3 aliphatic heterocycles. The number of likely N-dealkylation sites (N-methyl/N-ethyl adjacent to an activating group) is 1. The Labute approximate surface area is 269 Å². The van der Waals surface area contributed by atoms with Crippen LogP contribution in [0, 0.1) is 0 Å². The van der Waals surface area contributed by atoms with Crippen molar-refractivity contribution >= 4 is 48.0 Å². The number of fused-ring (bicyclic) bond motifs is 2. The number of alkyl halides is 2. The number of nitrogens with one attached hydrogen (secondary N) is 2. The molecule has 17 heteroatoms. The maximum Gasteiger partial charge on any atom is 0.399 e. The van der Waals surface area contributed by atoms with E-state index in [4.69, 9.17) is 9.79 Å². The van der Waals surface area contributed by atoms with Crippen molar-refractivity contribution in [1.82, 2.24) is 29.9 Å². The molecule has 2 aromatic rings. The van der Waals surface area contributed by atoms with Crippen molar-refractivity contribution in [2.24, 2.45) is 0 Å². The molecule has 0 saturated carbocycles. The minimum absolute atomic E-state index is 0.0211. The van der Waals surface area contributed by atoms with Crippen LogP contribution in [0.4, 0.5) is 8.78 Å². The fraction of sp³-hybridized carbons (Fsp3) is 0.567. The van der Waals surface area contributed by atoms with Gasteiger partial charge in [-0.3, -0.25) is 28.5 Å². The molecule has 47 heavy (non-hydrogen) atoms. The molecule has 4 heterocycles. The van der Waals surface area contributed by atoms with Gasteiger partial charge in [0.05, 0.1) is 6.04 Å². The first-order valence-electron chi connectivity index (χ1n) is 15.5. The maximum absolute atomic E-state index is 14.3. The largest absolute Gasteiger partial charge is 0.399 e. The summed E-state index contributed by atoms with van der Waals surface area (Å²) < 4.78 is 40.0. The first kappa shape index (κ1) is 34.5. The molecule has 3 fully saturated rings. The van der Waals surface area contributed by atoms with Gasteiger partial charge in [0.15, 0.2) is 0 Å². The molecule has 0 unspecified atom stereocenters. The fourth-order valence-electron chi connectivity index (χ4n) is 6.78. The molecule has 4 atom stereocenters. The fourth-order valence-corrected chi connectivity index (χ4v) is 7.25. The Hall–Kier alpha value is -3.88.